The molecule has 0 fully saturated rings. The third-order valence-corrected chi connectivity index (χ3v) is 4.90. The maximum Gasteiger partial charge on any atom is 0.218 e. The first kappa shape index (κ1) is 19.6. The molecule has 7 heteroatoms. The first-order valence-corrected chi connectivity index (χ1v) is 8.97. The number of nitrogens with zero attached hydrogens (tertiary/aromatic N) is 2. The van der Waals surface area contributed by atoms with Gasteiger partial charge in [0.2, 0.25) is 10.0 Å². The summed E-state index contributed by atoms with van der Waals surface area (Å²) in [4.78, 5) is 0. The standard InChI is InChI=1S/C16H23FN2O3S/c1-16(2,3)12-19(7-4-8-20)23(21,22)11-14-9-13(10-18)5-6-15(14)17/h5-6,9,20H,4,7-8,11-12H2,1-3H3. The monoisotopic (exact) mass is 342 g/mol. The molecular weight excluding hydrogens is 319 g/mol. The molecule has 0 bridgehead atoms. The number of hydrogen-bond acceptors (Lipinski definition) is 4. The Bertz CT molecular complexity index is 676. The summed E-state index contributed by atoms with van der Waals surface area (Å²) < 4.78 is 40.4. The normalized spacial score (nSPS) is 12.4. The Morgan fingerprint density at radius 2 is 2.00 bits per heavy atom. The highest BCUT2D eigenvalue weighted by Gasteiger charge is 2.27. The van der Waals surface area contributed by atoms with Gasteiger partial charge < -0.3 is 5.11 Å². The van der Waals surface area contributed by atoms with Crippen LogP contribution in [0.4, 0.5) is 4.39 Å². The minimum Gasteiger partial charge on any atom is -0.396 e. The van der Waals surface area contributed by atoms with Crippen molar-refractivity contribution in [3.63, 3.8) is 0 Å². The SMILES string of the molecule is CC(C)(C)CN(CCCO)S(=O)(=O)Cc1cc(C#N)ccc1F. The van der Waals surface area contributed by atoms with Crippen molar-refractivity contribution in [1.29, 1.82) is 5.26 Å². The van der Waals surface area contributed by atoms with E-state index in [1.165, 1.54) is 16.4 Å². The molecule has 0 heterocycles. The van der Waals surface area contributed by atoms with Gasteiger partial charge in [-0.05, 0) is 30.0 Å². The van der Waals surface area contributed by atoms with E-state index in [2.05, 4.69) is 0 Å². The van der Waals surface area contributed by atoms with Crippen LogP contribution in [-0.4, -0.2) is 37.5 Å². The smallest absolute Gasteiger partial charge is 0.218 e. The molecule has 1 N–H and O–H groups in total. The average molecular weight is 342 g/mol. The van der Waals surface area contributed by atoms with E-state index in [1.54, 1.807) is 0 Å². The lowest BCUT2D eigenvalue weighted by Crippen LogP contribution is -2.39. The number of rotatable bonds is 7. The van der Waals surface area contributed by atoms with Crippen LogP contribution < -0.4 is 0 Å². The third-order valence-electron chi connectivity index (χ3n) is 3.12. The molecule has 0 aliphatic heterocycles. The predicted octanol–water partition coefficient (Wildman–Crippen LogP) is 2.26. The van der Waals surface area contributed by atoms with Crippen LogP contribution in [0.3, 0.4) is 0 Å². The van der Waals surface area contributed by atoms with Crippen LogP contribution >= 0.6 is 0 Å². The van der Waals surface area contributed by atoms with E-state index in [1.807, 2.05) is 26.8 Å². The second kappa shape index (κ2) is 7.86. The number of aliphatic hydroxyl groups excluding tert-OH is 1. The summed E-state index contributed by atoms with van der Waals surface area (Å²) >= 11 is 0. The van der Waals surface area contributed by atoms with E-state index in [4.69, 9.17) is 10.4 Å². The van der Waals surface area contributed by atoms with Crippen molar-refractivity contribution in [2.75, 3.05) is 19.7 Å². The number of halogens is 1. The molecule has 0 aliphatic carbocycles. The number of hydrogen-bond donors (Lipinski definition) is 1. The maximum atomic E-state index is 13.9. The van der Waals surface area contributed by atoms with Crippen LogP contribution in [0.2, 0.25) is 0 Å². The topological polar surface area (TPSA) is 81.4 Å². The Labute approximate surface area is 137 Å². The molecule has 0 saturated heterocycles. The van der Waals surface area contributed by atoms with Gasteiger partial charge in [-0.25, -0.2) is 17.1 Å². The summed E-state index contributed by atoms with van der Waals surface area (Å²) in [7, 11) is -3.76. The van der Waals surface area contributed by atoms with Crippen molar-refractivity contribution in [2.24, 2.45) is 5.41 Å². The van der Waals surface area contributed by atoms with Crippen molar-refractivity contribution in [2.45, 2.75) is 32.9 Å². The Balaban J connectivity index is 3.08. The van der Waals surface area contributed by atoms with Crippen molar-refractivity contribution >= 4 is 10.0 Å². The minimum atomic E-state index is -3.76. The third kappa shape index (κ3) is 6.26. The maximum absolute atomic E-state index is 13.9. The van der Waals surface area contributed by atoms with Gasteiger partial charge in [0.25, 0.3) is 0 Å². The first-order valence-electron chi connectivity index (χ1n) is 7.36. The highest BCUT2D eigenvalue weighted by atomic mass is 32.2. The van der Waals surface area contributed by atoms with E-state index in [0.717, 1.165) is 6.07 Å². The van der Waals surface area contributed by atoms with Gasteiger partial charge in [-0.1, -0.05) is 20.8 Å². The molecule has 5 nitrogen and oxygen atoms in total. The average Bonchev–Trinajstić information content (AvgIpc) is 2.44. The molecule has 1 rings (SSSR count). The van der Waals surface area contributed by atoms with Crippen LogP contribution in [0.1, 0.15) is 38.3 Å². The van der Waals surface area contributed by atoms with Crippen LogP contribution in [0.15, 0.2) is 18.2 Å². The molecule has 0 aromatic heterocycles. The summed E-state index contributed by atoms with van der Waals surface area (Å²) in [5.74, 6) is -1.15. The molecule has 0 spiro atoms. The van der Waals surface area contributed by atoms with Crippen molar-refractivity contribution < 1.29 is 17.9 Å². The van der Waals surface area contributed by atoms with Crippen molar-refractivity contribution in [3.8, 4) is 6.07 Å². The molecule has 0 unspecified atom stereocenters. The summed E-state index contributed by atoms with van der Waals surface area (Å²) in [5, 5.41) is 17.8. The van der Waals surface area contributed by atoms with Gasteiger partial charge in [-0.3, -0.25) is 0 Å². The van der Waals surface area contributed by atoms with E-state index in [0.29, 0.717) is 6.42 Å². The molecule has 1 aromatic carbocycles. The predicted molar refractivity (Wildman–Crippen MR) is 86.5 cm³/mol. The van der Waals surface area contributed by atoms with Gasteiger partial charge in [0, 0.05) is 25.3 Å². The number of sulfonamides is 1. The number of benzene rings is 1. The molecular formula is C16H23FN2O3S. The zero-order valence-corrected chi connectivity index (χ0v) is 14.5. The molecule has 0 amide bonds. The van der Waals surface area contributed by atoms with Gasteiger partial charge in [-0.2, -0.15) is 5.26 Å². The second-order valence-corrected chi connectivity index (χ2v) is 8.61. The van der Waals surface area contributed by atoms with Crippen LogP contribution in [0, 0.1) is 22.6 Å². The fourth-order valence-corrected chi connectivity index (χ4v) is 3.92. The van der Waals surface area contributed by atoms with Crippen LogP contribution in [0.5, 0.6) is 0 Å². The van der Waals surface area contributed by atoms with Crippen molar-refractivity contribution in [3.05, 3.63) is 35.1 Å². The summed E-state index contributed by atoms with van der Waals surface area (Å²) in [6.45, 7) is 6.06. The number of aliphatic hydroxyl groups is 1. The van der Waals surface area contributed by atoms with Crippen LogP contribution in [-0.2, 0) is 15.8 Å². The van der Waals surface area contributed by atoms with E-state index < -0.39 is 21.6 Å². The second-order valence-electron chi connectivity index (χ2n) is 6.65. The Morgan fingerprint density at radius 1 is 1.35 bits per heavy atom. The van der Waals surface area contributed by atoms with Gasteiger partial charge >= 0.3 is 0 Å². The number of nitriles is 1. The molecule has 23 heavy (non-hydrogen) atoms. The lowest BCUT2D eigenvalue weighted by Gasteiger charge is -2.29. The molecule has 128 valence electrons. The summed E-state index contributed by atoms with van der Waals surface area (Å²) in [6, 6.07) is 5.54. The molecule has 0 saturated carbocycles. The van der Waals surface area contributed by atoms with Crippen LogP contribution in [0.25, 0.3) is 0 Å². The minimum absolute atomic E-state index is 0.0213. The van der Waals surface area contributed by atoms with Gasteiger partial charge in [-0.15, -0.1) is 0 Å². The zero-order chi connectivity index (χ0) is 17.7. The van der Waals surface area contributed by atoms with Gasteiger partial charge in [0.05, 0.1) is 17.4 Å². The Hall–Kier alpha value is -1.49. The van der Waals surface area contributed by atoms with E-state index in [9.17, 15) is 12.8 Å². The first-order chi connectivity index (χ1) is 10.6. The summed E-state index contributed by atoms with van der Waals surface area (Å²) in [6.07, 6.45) is 0.316. The van der Waals surface area contributed by atoms with E-state index in [-0.39, 0.29) is 36.2 Å². The molecule has 1 aromatic rings. The lowest BCUT2D eigenvalue weighted by molar-refractivity contribution is 0.240. The Kier molecular flexibility index (Phi) is 6.69. The van der Waals surface area contributed by atoms with Crippen molar-refractivity contribution in [1.82, 2.24) is 4.31 Å². The molecule has 0 radical (unpaired) electrons. The molecule has 0 atom stereocenters. The van der Waals surface area contributed by atoms with E-state index >= 15 is 0 Å². The fraction of sp³-hybridized carbons (Fsp3) is 0.562. The van der Waals surface area contributed by atoms with Gasteiger partial charge in [0.1, 0.15) is 5.82 Å². The zero-order valence-electron chi connectivity index (χ0n) is 13.7. The summed E-state index contributed by atoms with van der Waals surface area (Å²) in [5.41, 5.74) is -0.0726. The Morgan fingerprint density at radius 3 is 2.52 bits per heavy atom. The quantitative estimate of drug-likeness (QED) is 0.824. The highest BCUT2D eigenvalue weighted by molar-refractivity contribution is 7.88. The van der Waals surface area contributed by atoms with Gasteiger partial charge in [0.15, 0.2) is 0 Å². The fourth-order valence-electron chi connectivity index (χ4n) is 2.14. The largest absolute Gasteiger partial charge is 0.396 e. The highest BCUT2D eigenvalue weighted by Crippen LogP contribution is 2.21. The lowest BCUT2D eigenvalue weighted by atomic mass is 9.97. The molecule has 0 aliphatic rings.